The van der Waals surface area contributed by atoms with Crippen molar-refractivity contribution in [1.82, 2.24) is 9.97 Å². The van der Waals surface area contributed by atoms with E-state index >= 15 is 0 Å². The number of benzene rings is 1. The summed E-state index contributed by atoms with van der Waals surface area (Å²) in [6.45, 7) is 0. The number of halogens is 1. The van der Waals surface area contributed by atoms with Crippen LogP contribution in [-0.4, -0.2) is 21.0 Å². The summed E-state index contributed by atoms with van der Waals surface area (Å²) in [5.74, 6) is 0.198. The summed E-state index contributed by atoms with van der Waals surface area (Å²) in [6.07, 6.45) is 2.65. The normalized spacial score (nSPS) is 10.3. The summed E-state index contributed by atoms with van der Waals surface area (Å²) in [4.78, 5) is 19.8. The zero-order valence-corrected chi connectivity index (χ0v) is 11.6. The first-order valence-corrected chi connectivity index (χ1v) is 6.86. The lowest BCUT2D eigenvalue weighted by atomic mass is 10.3. The second-order valence-corrected chi connectivity index (χ2v) is 5.28. The van der Waals surface area contributed by atoms with Gasteiger partial charge in [0.1, 0.15) is 5.82 Å². The van der Waals surface area contributed by atoms with Crippen molar-refractivity contribution in [3.05, 3.63) is 52.5 Å². The maximum Gasteiger partial charge on any atom is 0.338 e. The third-order valence-electron chi connectivity index (χ3n) is 2.15. The number of thioether (sulfide) groups is 1. The van der Waals surface area contributed by atoms with Crippen LogP contribution in [0.3, 0.4) is 0 Å². The number of aromatic carboxylic acids is 1. The Morgan fingerprint density at radius 3 is 2.56 bits per heavy atom. The van der Waals surface area contributed by atoms with Gasteiger partial charge in [0, 0.05) is 21.8 Å². The largest absolute Gasteiger partial charge is 0.478 e. The molecule has 0 atom stereocenters. The fourth-order valence-electron chi connectivity index (χ4n) is 1.24. The van der Waals surface area contributed by atoms with Gasteiger partial charge in [-0.25, -0.2) is 14.8 Å². The molecular formula is C12H9BrN2O2S. The van der Waals surface area contributed by atoms with Crippen LogP contribution < -0.4 is 0 Å². The standard InChI is InChI=1S/C12H9BrN2O2S/c13-9-3-1-2-4-10(9)18-7-11-14-5-8(6-15-11)12(16)17/h1-6H,7H2,(H,16,17). The third kappa shape index (κ3) is 3.30. The van der Waals surface area contributed by atoms with E-state index in [0.717, 1.165) is 9.37 Å². The zero-order valence-electron chi connectivity index (χ0n) is 9.21. The first-order chi connectivity index (χ1) is 8.66. The Balaban J connectivity index is 2.02. The first kappa shape index (κ1) is 13.0. The molecule has 0 bridgehead atoms. The van der Waals surface area contributed by atoms with Crippen LogP contribution in [-0.2, 0) is 5.75 Å². The summed E-state index contributed by atoms with van der Waals surface area (Å²) in [6, 6.07) is 7.88. The molecule has 0 unspecified atom stereocenters. The predicted molar refractivity (Wildman–Crippen MR) is 72.7 cm³/mol. The molecule has 6 heteroatoms. The SMILES string of the molecule is O=C(O)c1cnc(CSc2ccccc2Br)nc1. The van der Waals surface area contributed by atoms with Crippen LogP contribution in [0.1, 0.15) is 16.2 Å². The van der Waals surface area contributed by atoms with E-state index in [-0.39, 0.29) is 5.56 Å². The summed E-state index contributed by atoms with van der Waals surface area (Å²) in [5.41, 5.74) is 0.102. The molecule has 2 aromatic rings. The second kappa shape index (κ2) is 5.97. The van der Waals surface area contributed by atoms with Crippen LogP contribution in [0.15, 0.2) is 46.0 Å². The van der Waals surface area contributed by atoms with Crippen molar-refractivity contribution < 1.29 is 9.90 Å². The molecule has 4 nitrogen and oxygen atoms in total. The highest BCUT2D eigenvalue weighted by Crippen LogP contribution is 2.28. The van der Waals surface area contributed by atoms with Gasteiger partial charge in [-0.3, -0.25) is 0 Å². The fourth-order valence-corrected chi connectivity index (χ4v) is 2.69. The average Bonchev–Trinajstić information content (AvgIpc) is 2.38. The molecule has 92 valence electrons. The number of hydrogen-bond donors (Lipinski definition) is 1. The van der Waals surface area contributed by atoms with Crippen molar-refractivity contribution in [3.8, 4) is 0 Å². The summed E-state index contributed by atoms with van der Waals surface area (Å²) in [5, 5.41) is 8.73. The van der Waals surface area contributed by atoms with Crippen LogP contribution >= 0.6 is 27.7 Å². The Morgan fingerprint density at radius 1 is 1.28 bits per heavy atom. The van der Waals surface area contributed by atoms with Crippen LogP contribution in [0.25, 0.3) is 0 Å². The molecule has 0 aliphatic rings. The van der Waals surface area contributed by atoms with Crippen molar-refractivity contribution >= 4 is 33.7 Å². The van der Waals surface area contributed by atoms with E-state index in [9.17, 15) is 4.79 Å². The second-order valence-electron chi connectivity index (χ2n) is 3.41. The summed E-state index contributed by atoms with van der Waals surface area (Å²) in [7, 11) is 0. The molecule has 0 amide bonds. The molecular weight excluding hydrogens is 316 g/mol. The van der Waals surface area contributed by atoms with Gasteiger partial charge in [-0.1, -0.05) is 12.1 Å². The lowest BCUT2D eigenvalue weighted by Gasteiger charge is -2.03. The van der Waals surface area contributed by atoms with E-state index in [1.807, 2.05) is 24.3 Å². The number of aromatic nitrogens is 2. The van der Waals surface area contributed by atoms with E-state index in [1.54, 1.807) is 11.8 Å². The van der Waals surface area contributed by atoms with Crippen LogP contribution in [0.4, 0.5) is 0 Å². The maximum absolute atomic E-state index is 10.6. The van der Waals surface area contributed by atoms with Gasteiger partial charge in [0.15, 0.2) is 0 Å². The van der Waals surface area contributed by atoms with E-state index in [0.29, 0.717) is 11.6 Å². The third-order valence-corrected chi connectivity index (χ3v) is 4.17. The van der Waals surface area contributed by atoms with Gasteiger partial charge in [0.2, 0.25) is 0 Å². The van der Waals surface area contributed by atoms with Crippen molar-refractivity contribution in [2.45, 2.75) is 10.6 Å². The number of carboxylic acid groups (broad SMARTS) is 1. The highest BCUT2D eigenvalue weighted by atomic mass is 79.9. The van der Waals surface area contributed by atoms with Gasteiger partial charge in [0.05, 0.1) is 11.3 Å². The van der Waals surface area contributed by atoms with E-state index in [1.165, 1.54) is 12.4 Å². The molecule has 1 aromatic heterocycles. The molecule has 0 radical (unpaired) electrons. The van der Waals surface area contributed by atoms with Crippen LogP contribution in [0, 0.1) is 0 Å². The van der Waals surface area contributed by atoms with Crippen molar-refractivity contribution in [2.75, 3.05) is 0 Å². The highest BCUT2D eigenvalue weighted by Gasteiger charge is 2.05. The smallest absolute Gasteiger partial charge is 0.338 e. The minimum absolute atomic E-state index is 0.102. The minimum Gasteiger partial charge on any atom is -0.478 e. The predicted octanol–water partition coefficient (Wildman–Crippen LogP) is 3.23. The van der Waals surface area contributed by atoms with Gasteiger partial charge in [-0.05, 0) is 28.1 Å². The molecule has 0 saturated carbocycles. The van der Waals surface area contributed by atoms with Crippen molar-refractivity contribution in [1.29, 1.82) is 0 Å². The van der Waals surface area contributed by atoms with Crippen molar-refractivity contribution in [2.24, 2.45) is 0 Å². The number of carboxylic acids is 1. The Hall–Kier alpha value is -1.40. The molecule has 0 fully saturated rings. The summed E-state index contributed by atoms with van der Waals surface area (Å²) < 4.78 is 1.03. The van der Waals surface area contributed by atoms with E-state index in [2.05, 4.69) is 25.9 Å². The lowest BCUT2D eigenvalue weighted by Crippen LogP contribution is -2.00. The van der Waals surface area contributed by atoms with Crippen LogP contribution in [0.2, 0.25) is 0 Å². The number of hydrogen-bond acceptors (Lipinski definition) is 4. The molecule has 1 N–H and O–H groups in total. The van der Waals surface area contributed by atoms with E-state index in [4.69, 9.17) is 5.11 Å². The fraction of sp³-hybridized carbons (Fsp3) is 0.0833. The van der Waals surface area contributed by atoms with Gasteiger partial charge in [0.25, 0.3) is 0 Å². The van der Waals surface area contributed by atoms with Gasteiger partial charge < -0.3 is 5.11 Å². The van der Waals surface area contributed by atoms with Gasteiger partial charge in [-0.2, -0.15) is 0 Å². The molecule has 0 spiro atoms. The van der Waals surface area contributed by atoms with Crippen LogP contribution in [0.5, 0.6) is 0 Å². The number of rotatable bonds is 4. The molecule has 2 rings (SSSR count). The first-order valence-electron chi connectivity index (χ1n) is 5.08. The molecule has 0 saturated heterocycles. The molecule has 18 heavy (non-hydrogen) atoms. The quantitative estimate of drug-likeness (QED) is 0.875. The zero-order chi connectivity index (χ0) is 13.0. The Morgan fingerprint density at radius 2 is 1.94 bits per heavy atom. The number of nitrogens with zero attached hydrogens (tertiary/aromatic N) is 2. The maximum atomic E-state index is 10.6. The Bertz CT molecular complexity index is 560. The van der Waals surface area contributed by atoms with Gasteiger partial charge >= 0.3 is 5.97 Å². The van der Waals surface area contributed by atoms with Crippen molar-refractivity contribution in [3.63, 3.8) is 0 Å². The topological polar surface area (TPSA) is 63.1 Å². The van der Waals surface area contributed by atoms with Gasteiger partial charge in [-0.15, -0.1) is 11.8 Å². The molecule has 1 heterocycles. The molecule has 0 aliphatic heterocycles. The lowest BCUT2D eigenvalue weighted by molar-refractivity contribution is 0.0696. The Kier molecular flexibility index (Phi) is 4.33. The highest BCUT2D eigenvalue weighted by molar-refractivity contribution is 9.10. The number of carbonyl (C=O) groups is 1. The average molecular weight is 325 g/mol. The minimum atomic E-state index is -1.01. The Labute approximate surface area is 117 Å². The molecule has 0 aliphatic carbocycles. The summed E-state index contributed by atoms with van der Waals surface area (Å²) >= 11 is 5.06. The van der Waals surface area contributed by atoms with E-state index < -0.39 is 5.97 Å². The monoisotopic (exact) mass is 324 g/mol. The molecule has 1 aromatic carbocycles.